The zero-order valence-electron chi connectivity index (χ0n) is 15.9. The summed E-state index contributed by atoms with van der Waals surface area (Å²) in [6.45, 7) is 0.284. The molecule has 0 saturated carbocycles. The summed E-state index contributed by atoms with van der Waals surface area (Å²) in [7, 11) is 1.58. The van der Waals surface area contributed by atoms with E-state index in [2.05, 4.69) is 5.32 Å². The summed E-state index contributed by atoms with van der Waals surface area (Å²) in [4.78, 5) is 38.3. The van der Waals surface area contributed by atoms with Crippen molar-refractivity contribution in [3.8, 4) is 0 Å². The zero-order chi connectivity index (χ0) is 20.5. The number of nitrogens with zero attached hydrogens (tertiary/aromatic N) is 1. The topological polar surface area (TPSA) is 75.7 Å². The van der Waals surface area contributed by atoms with Crippen LogP contribution in [0, 0.1) is 5.82 Å². The van der Waals surface area contributed by atoms with E-state index in [4.69, 9.17) is 4.74 Å². The number of likely N-dealkylation sites (N-methyl/N-ethyl adjacent to an activating group) is 1. The number of nitrogens with one attached hydrogen (secondary N) is 1. The van der Waals surface area contributed by atoms with Gasteiger partial charge in [-0.1, -0.05) is 36.4 Å². The smallest absolute Gasteiger partial charge is 0.407 e. The molecule has 2 aliphatic rings. The minimum atomic E-state index is -0.760. The lowest BCUT2D eigenvalue weighted by atomic mass is 9.86. The average Bonchev–Trinajstić information content (AvgIpc) is 3.24. The SMILES string of the molecule is CN1C(=O)CC(c2ccccc2F)C1C(=O)c1cccc(CC2COC(=O)N2)c1. The average molecular weight is 396 g/mol. The van der Waals surface area contributed by atoms with Gasteiger partial charge < -0.3 is 15.0 Å². The van der Waals surface area contributed by atoms with Crippen molar-refractivity contribution in [1.29, 1.82) is 0 Å². The van der Waals surface area contributed by atoms with E-state index in [-0.39, 0.29) is 30.8 Å². The number of carbonyl (C=O) groups is 3. The highest BCUT2D eigenvalue weighted by Gasteiger charge is 2.44. The van der Waals surface area contributed by atoms with Crippen molar-refractivity contribution in [2.45, 2.75) is 30.8 Å². The number of likely N-dealkylation sites (tertiary alicyclic amines) is 1. The predicted molar refractivity (Wildman–Crippen MR) is 103 cm³/mol. The Bertz CT molecular complexity index is 977. The Morgan fingerprint density at radius 1 is 1.21 bits per heavy atom. The Balaban J connectivity index is 1.60. The van der Waals surface area contributed by atoms with Gasteiger partial charge >= 0.3 is 6.09 Å². The number of benzene rings is 2. The largest absolute Gasteiger partial charge is 0.447 e. The summed E-state index contributed by atoms with van der Waals surface area (Å²) >= 11 is 0. The molecule has 6 nitrogen and oxygen atoms in total. The van der Waals surface area contributed by atoms with Gasteiger partial charge in [0.05, 0.1) is 6.04 Å². The van der Waals surface area contributed by atoms with Gasteiger partial charge in [0, 0.05) is 24.9 Å². The van der Waals surface area contributed by atoms with E-state index in [1.54, 1.807) is 43.4 Å². The number of ketones is 1. The highest BCUT2D eigenvalue weighted by atomic mass is 19.1. The highest BCUT2D eigenvalue weighted by Crippen LogP contribution is 2.36. The lowest BCUT2D eigenvalue weighted by Gasteiger charge is -2.24. The van der Waals surface area contributed by atoms with E-state index in [9.17, 15) is 18.8 Å². The second kappa shape index (κ2) is 7.66. The van der Waals surface area contributed by atoms with Crippen LogP contribution >= 0.6 is 0 Å². The van der Waals surface area contributed by atoms with E-state index >= 15 is 0 Å². The Kier molecular flexibility index (Phi) is 5.05. The molecule has 150 valence electrons. The summed E-state index contributed by atoms with van der Waals surface area (Å²) in [5, 5.41) is 2.71. The van der Waals surface area contributed by atoms with E-state index in [1.807, 2.05) is 6.07 Å². The number of carbonyl (C=O) groups excluding carboxylic acids is 3. The molecule has 0 bridgehead atoms. The molecule has 0 radical (unpaired) electrons. The first-order valence-electron chi connectivity index (χ1n) is 9.50. The molecule has 2 aliphatic heterocycles. The molecule has 1 N–H and O–H groups in total. The van der Waals surface area contributed by atoms with Gasteiger partial charge in [0.25, 0.3) is 0 Å². The van der Waals surface area contributed by atoms with Crippen molar-refractivity contribution in [3.05, 3.63) is 71.0 Å². The van der Waals surface area contributed by atoms with Crippen LogP contribution in [0.25, 0.3) is 0 Å². The van der Waals surface area contributed by atoms with Crippen LogP contribution < -0.4 is 5.32 Å². The summed E-state index contributed by atoms with van der Waals surface area (Å²) in [5.41, 5.74) is 1.72. The van der Waals surface area contributed by atoms with Crippen molar-refractivity contribution in [3.63, 3.8) is 0 Å². The quantitative estimate of drug-likeness (QED) is 0.789. The molecule has 0 spiro atoms. The number of Topliss-reactive ketones (excluding diaryl/α,β-unsaturated/α-hetero) is 1. The van der Waals surface area contributed by atoms with Crippen molar-refractivity contribution in [2.75, 3.05) is 13.7 Å². The van der Waals surface area contributed by atoms with E-state index in [1.165, 1.54) is 11.0 Å². The van der Waals surface area contributed by atoms with Gasteiger partial charge in [-0.3, -0.25) is 9.59 Å². The molecule has 7 heteroatoms. The Labute approximate surface area is 167 Å². The first-order chi connectivity index (χ1) is 13.9. The Hall–Kier alpha value is -3.22. The number of alkyl carbamates (subject to hydrolysis) is 1. The maximum absolute atomic E-state index is 14.4. The number of halogens is 1. The standard InChI is InChI=1S/C22H21FN2O4/c1-25-19(26)11-17(16-7-2-3-8-18(16)23)20(25)21(27)14-6-4-5-13(9-14)10-15-12-29-22(28)24-15/h2-9,15,17,20H,10-12H2,1H3,(H,24,28). The fourth-order valence-corrected chi connectivity index (χ4v) is 4.13. The molecule has 0 aromatic heterocycles. The van der Waals surface area contributed by atoms with Crippen LogP contribution in [0.4, 0.5) is 9.18 Å². The number of rotatable bonds is 5. The van der Waals surface area contributed by atoms with Crippen molar-refractivity contribution < 1.29 is 23.5 Å². The molecule has 4 rings (SSSR count). The first-order valence-corrected chi connectivity index (χ1v) is 9.50. The summed E-state index contributed by atoms with van der Waals surface area (Å²) < 4.78 is 19.3. The number of amides is 2. The van der Waals surface area contributed by atoms with E-state index in [0.717, 1.165) is 5.56 Å². The number of hydrogen-bond donors (Lipinski definition) is 1. The minimum absolute atomic E-state index is 0.0962. The van der Waals surface area contributed by atoms with Crippen molar-refractivity contribution >= 4 is 17.8 Å². The molecule has 2 aromatic rings. The Morgan fingerprint density at radius 2 is 2.00 bits per heavy atom. The third kappa shape index (κ3) is 3.72. The molecule has 2 saturated heterocycles. The molecule has 3 unspecified atom stereocenters. The molecule has 29 heavy (non-hydrogen) atoms. The van der Waals surface area contributed by atoms with Crippen LogP contribution in [0.2, 0.25) is 0 Å². The van der Waals surface area contributed by atoms with Crippen molar-refractivity contribution in [1.82, 2.24) is 10.2 Å². The lowest BCUT2D eigenvalue weighted by Crippen LogP contribution is -2.38. The monoisotopic (exact) mass is 396 g/mol. The van der Waals surface area contributed by atoms with Crippen LogP contribution in [0.15, 0.2) is 48.5 Å². The van der Waals surface area contributed by atoms with Crippen LogP contribution in [-0.2, 0) is 16.0 Å². The van der Waals surface area contributed by atoms with Crippen molar-refractivity contribution in [2.24, 2.45) is 0 Å². The predicted octanol–water partition coefficient (Wildman–Crippen LogP) is 2.67. The fourth-order valence-electron chi connectivity index (χ4n) is 4.13. The lowest BCUT2D eigenvalue weighted by molar-refractivity contribution is -0.127. The molecule has 2 fully saturated rings. The molecular weight excluding hydrogens is 375 g/mol. The first kappa shape index (κ1) is 19.1. The third-order valence-corrected chi connectivity index (χ3v) is 5.59. The molecule has 3 atom stereocenters. The second-order valence-electron chi connectivity index (χ2n) is 7.49. The van der Waals surface area contributed by atoms with Gasteiger partial charge in [-0.25, -0.2) is 9.18 Å². The molecule has 2 aromatic carbocycles. The second-order valence-corrected chi connectivity index (χ2v) is 7.49. The van der Waals surface area contributed by atoms with E-state index < -0.39 is 23.9 Å². The molecule has 0 aliphatic carbocycles. The minimum Gasteiger partial charge on any atom is -0.447 e. The van der Waals surface area contributed by atoms with Crippen LogP contribution in [0.5, 0.6) is 0 Å². The van der Waals surface area contributed by atoms with Gasteiger partial charge in [-0.15, -0.1) is 0 Å². The highest BCUT2D eigenvalue weighted by molar-refractivity contribution is 6.04. The van der Waals surface area contributed by atoms with Gasteiger partial charge in [-0.2, -0.15) is 0 Å². The molecule has 2 heterocycles. The number of hydrogen-bond acceptors (Lipinski definition) is 4. The Morgan fingerprint density at radius 3 is 2.72 bits per heavy atom. The summed E-state index contributed by atoms with van der Waals surface area (Å²) in [6, 6.07) is 12.5. The van der Waals surface area contributed by atoms with Crippen LogP contribution in [-0.4, -0.2) is 48.4 Å². The normalized spacial score (nSPS) is 23.8. The molecule has 2 amide bonds. The maximum Gasteiger partial charge on any atom is 0.407 e. The van der Waals surface area contributed by atoms with Gasteiger partial charge in [-0.05, 0) is 29.7 Å². The van der Waals surface area contributed by atoms with Gasteiger partial charge in [0.15, 0.2) is 5.78 Å². The van der Waals surface area contributed by atoms with Crippen LogP contribution in [0.3, 0.4) is 0 Å². The third-order valence-electron chi connectivity index (χ3n) is 5.59. The van der Waals surface area contributed by atoms with Crippen LogP contribution in [0.1, 0.15) is 33.8 Å². The summed E-state index contributed by atoms with van der Waals surface area (Å²) in [6.07, 6.45) is 0.184. The zero-order valence-corrected chi connectivity index (χ0v) is 15.9. The van der Waals surface area contributed by atoms with Gasteiger partial charge in [0.1, 0.15) is 18.5 Å². The fraction of sp³-hybridized carbons (Fsp3) is 0.318. The number of cyclic esters (lactones) is 1. The maximum atomic E-state index is 14.4. The summed E-state index contributed by atoms with van der Waals surface area (Å²) in [5.74, 6) is -1.35. The van der Waals surface area contributed by atoms with E-state index in [0.29, 0.717) is 17.5 Å². The number of ether oxygens (including phenoxy) is 1. The van der Waals surface area contributed by atoms with Gasteiger partial charge in [0.2, 0.25) is 5.91 Å². The molecular formula is C22H21FN2O4.